The molecule has 11 rings (SSSR count). The maximum Gasteiger partial charge on any atom is 0.135 e. The zero-order valence-corrected chi connectivity index (χ0v) is 36.9. The Kier molecular flexibility index (Phi) is 11.1. The molecule has 0 atom stereocenters. The number of nitrogens with zero attached hydrogens (tertiary/aromatic N) is 3. The summed E-state index contributed by atoms with van der Waals surface area (Å²) in [4.78, 5) is 13.9. The molecule has 66 heavy (non-hydrogen) atoms. The van der Waals surface area contributed by atoms with Gasteiger partial charge in [-0.05, 0) is 154 Å². The van der Waals surface area contributed by atoms with E-state index in [2.05, 4.69) is 175 Å². The summed E-state index contributed by atoms with van der Waals surface area (Å²) in [5, 5.41) is 2.22. The first-order chi connectivity index (χ1) is 32.6. The third-order valence-corrected chi connectivity index (χ3v) is 12.7. The molecular weight excluding hydrogens is 803 g/mol. The first-order valence-electron chi connectivity index (χ1n) is 22.8. The van der Waals surface area contributed by atoms with Crippen LogP contribution in [-0.4, -0.2) is 15.0 Å². The summed E-state index contributed by atoms with van der Waals surface area (Å²) in [6.45, 7) is 2.12. The molecule has 4 aromatic heterocycles. The summed E-state index contributed by atoms with van der Waals surface area (Å²) in [6, 6.07) is 72.0. The predicted molar refractivity (Wildman–Crippen MR) is 272 cm³/mol. The largest absolute Gasteiger partial charge is 0.456 e. The lowest BCUT2D eigenvalue weighted by atomic mass is 9.86. The number of aryl methyl sites for hydroxylation is 5. The molecule has 316 valence electrons. The molecule has 4 heteroatoms. The van der Waals surface area contributed by atoms with E-state index >= 15 is 0 Å². The van der Waals surface area contributed by atoms with Gasteiger partial charge >= 0.3 is 0 Å². The number of hydrogen-bond donors (Lipinski definition) is 0. The number of furan rings is 1. The van der Waals surface area contributed by atoms with Crippen molar-refractivity contribution in [1.29, 1.82) is 0 Å². The van der Waals surface area contributed by atoms with Crippen molar-refractivity contribution in [1.82, 2.24) is 15.0 Å². The molecule has 4 nitrogen and oxygen atoms in total. The molecule has 0 aliphatic rings. The van der Waals surface area contributed by atoms with Gasteiger partial charge < -0.3 is 4.42 Å². The Bertz CT molecular complexity index is 3360. The predicted octanol–water partition coefficient (Wildman–Crippen LogP) is 15.7. The summed E-state index contributed by atoms with van der Waals surface area (Å²) >= 11 is 0. The smallest absolute Gasteiger partial charge is 0.135 e. The van der Waals surface area contributed by atoms with Crippen LogP contribution in [0.25, 0.3) is 89.1 Å². The SMILES string of the molecule is Cc1ccnc(-c2ccc(-c3ccccc3-c3cc(CCc4ccc(-c5ccccn5)cc4)cc(CCc4ccc(-c5ccccn5)cc4)c3)c(-c3ccc4oc5ccccc5c4c3)c2)c1. The fraction of sp³-hybridized carbons (Fsp3) is 0.0806. The Morgan fingerprint density at radius 2 is 0.864 bits per heavy atom. The van der Waals surface area contributed by atoms with Gasteiger partial charge in [-0.25, -0.2) is 0 Å². The van der Waals surface area contributed by atoms with Crippen LogP contribution >= 0.6 is 0 Å². The van der Waals surface area contributed by atoms with Crippen LogP contribution in [-0.2, 0) is 25.7 Å². The van der Waals surface area contributed by atoms with Gasteiger partial charge in [-0.15, -0.1) is 0 Å². The van der Waals surface area contributed by atoms with Crippen LogP contribution in [0.1, 0.15) is 27.8 Å². The maximum absolute atomic E-state index is 6.29. The highest BCUT2D eigenvalue weighted by molar-refractivity contribution is 6.07. The van der Waals surface area contributed by atoms with Crippen molar-refractivity contribution >= 4 is 21.9 Å². The molecule has 0 spiro atoms. The second-order valence-electron chi connectivity index (χ2n) is 17.2. The Hall–Kier alpha value is -8.21. The van der Waals surface area contributed by atoms with Crippen molar-refractivity contribution in [3.63, 3.8) is 0 Å². The number of benzene rings is 7. The molecule has 4 heterocycles. The third kappa shape index (κ3) is 8.57. The average molecular weight is 850 g/mol. The summed E-state index contributed by atoms with van der Waals surface area (Å²) in [6.07, 6.45) is 9.32. The molecule has 11 aromatic rings. The molecule has 0 N–H and O–H groups in total. The minimum atomic E-state index is 0.885. The molecule has 0 unspecified atom stereocenters. The van der Waals surface area contributed by atoms with Crippen LogP contribution in [0, 0.1) is 6.92 Å². The topological polar surface area (TPSA) is 51.8 Å². The van der Waals surface area contributed by atoms with Crippen molar-refractivity contribution in [2.45, 2.75) is 32.6 Å². The molecule has 0 bridgehead atoms. The Morgan fingerprint density at radius 1 is 0.318 bits per heavy atom. The van der Waals surface area contributed by atoms with E-state index in [4.69, 9.17) is 9.40 Å². The molecule has 0 radical (unpaired) electrons. The number of hydrogen-bond acceptors (Lipinski definition) is 4. The van der Waals surface area contributed by atoms with E-state index in [9.17, 15) is 0 Å². The lowest BCUT2D eigenvalue weighted by Gasteiger charge is -2.18. The quantitative estimate of drug-likeness (QED) is 0.123. The number of pyridine rings is 3. The van der Waals surface area contributed by atoms with Gasteiger partial charge in [0.15, 0.2) is 0 Å². The van der Waals surface area contributed by atoms with Gasteiger partial charge in [-0.3, -0.25) is 15.0 Å². The fourth-order valence-corrected chi connectivity index (χ4v) is 9.27. The van der Waals surface area contributed by atoms with E-state index in [0.29, 0.717) is 0 Å². The Labute approximate surface area is 386 Å². The van der Waals surface area contributed by atoms with E-state index in [1.54, 1.807) is 0 Å². The van der Waals surface area contributed by atoms with Gasteiger partial charge in [0.2, 0.25) is 0 Å². The maximum atomic E-state index is 6.29. The Balaban J connectivity index is 0.983. The fourth-order valence-electron chi connectivity index (χ4n) is 9.27. The number of rotatable bonds is 12. The molecule has 7 aromatic carbocycles. The number of para-hydroxylation sites is 1. The highest BCUT2D eigenvalue weighted by Gasteiger charge is 2.18. The minimum Gasteiger partial charge on any atom is -0.456 e. The first-order valence-corrected chi connectivity index (χ1v) is 22.8. The van der Waals surface area contributed by atoms with Crippen LogP contribution in [0.5, 0.6) is 0 Å². The van der Waals surface area contributed by atoms with Crippen molar-refractivity contribution in [2.24, 2.45) is 0 Å². The normalized spacial score (nSPS) is 11.3. The van der Waals surface area contributed by atoms with Crippen molar-refractivity contribution in [3.8, 4) is 67.2 Å². The molecule has 0 aliphatic carbocycles. The van der Waals surface area contributed by atoms with Gasteiger partial charge in [0.1, 0.15) is 11.2 Å². The standard InChI is InChI=1S/C62H47N3O/c1-42-32-35-65-60(36-42)50-28-30-54(56(41-50)49-29-31-62-57(40-49)55-12-4-5-15-61(55)66-62)53-11-3-2-10-52(53)51-38-45(18-16-43-20-24-47(25-21-43)58-13-6-8-33-63-58)37-46(39-51)19-17-44-22-26-48(27-23-44)59-14-7-9-34-64-59/h2-15,20-41H,16-19H2,1H3. The van der Waals surface area contributed by atoms with Crippen LogP contribution < -0.4 is 0 Å². The third-order valence-electron chi connectivity index (χ3n) is 12.7. The van der Waals surface area contributed by atoms with E-state index in [0.717, 1.165) is 92.5 Å². The van der Waals surface area contributed by atoms with Crippen LogP contribution in [0.3, 0.4) is 0 Å². The Morgan fingerprint density at radius 3 is 1.52 bits per heavy atom. The van der Waals surface area contributed by atoms with E-state index < -0.39 is 0 Å². The molecule has 0 aliphatic heterocycles. The molecule has 0 fully saturated rings. The van der Waals surface area contributed by atoms with Gasteiger partial charge in [-0.2, -0.15) is 0 Å². The number of fused-ring (bicyclic) bond motifs is 3. The summed E-state index contributed by atoms with van der Waals surface area (Å²) in [5.74, 6) is 0. The minimum absolute atomic E-state index is 0.885. The zero-order chi connectivity index (χ0) is 44.2. The van der Waals surface area contributed by atoms with Gasteiger partial charge in [0.05, 0.1) is 17.1 Å². The highest BCUT2D eigenvalue weighted by atomic mass is 16.3. The van der Waals surface area contributed by atoms with E-state index in [-0.39, 0.29) is 0 Å². The molecular formula is C62H47N3O. The monoisotopic (exact) mass is 849 g/mol. The van der Waals surface area contributed by atoms with Crippen molar-refractivity contribution in [2.75, 3.05) is 0 Å². The lowest BCUT2D eigenvalue weighted by Crippen LogP contribution is -1.98. The molecule has 0 amide bonds. The van der Waals surface area contributed by atoms with Crippen molar-refractivity contribution in [3.05, 3.63) is 247 Å². The highest BCUT2D eigenvalue weighted by Crippen LogP contribution is 2.42. The number of aromatic nitrogens is 3. The van der Waals surface area contributed by atoms with Crippen molar-refractivity contribution < 1.29 is 4.42 Å². The van der Waals surface area contributed by atoms with E-state index in [1.165, 1.54) is 50.1 Å². The summed E-state index contributed by atoms with van der Waals surface area (Å²) in [5.41, 5.74) is 21.6. The van der Waals surface area contributed by atoms with Gasteiger partial charge in [0.25, 0.3) is 0 Å². The van der Waals surface area contributed by atoms with Gasteiger partial charge in [0, 0.05) is 46.1 Å². The van der Waals surface area contributed by atoms with Gasteiger partial charge in [-0.1, -0.05) is 140 Å². The first kappa shape index (κ1) is 40.6. The second-order valence-corrected chi connectivity index (χ2v) is 17.2. The zero-order valence-electron chi connectivity index (χ0n) is 36.9. The van der Waals surface area contributed by atoms with Crippen LogP contribution in [0.2, 0.25) is 0 Å². The average Bonchev–Trinajstić information content (AvgIpc) is 3.76. The molecule has 0 saturated carbocycles. The van der Waals surface area contributed by atoms with E-state index in [1.807, 2.05) is 61.1 Å². The lowest BCUT2D eigenvalue weighted by molar-refractivity contribution is 0.669. The van der Waals surface area contributed by atoms with Crippen LogP contribution in [0.15, 0.2) is 223 Å². The summed E-state index contributed by atoms with van der Waals surface area (Å²) < 4.78 is 6.29. The summed E-state index contributed by atoms with van der Waals surface area (Å²) in [7, 11) is 0. The molecule has 0 saturated heterocycles. The second kappa shape index (κ2) is 18.1. The van der Waals surface area contributed by atoms with Crippen LogP contribution in [0.4, 0.5) is 0 Å².